The molecule has 1 atom stereocenters. The maximum Gasteiger partial charge on any atom is 0.326 e. The Morgan fingerprint density at radius 3 is 3.06 bits per heavy atom. The van der Waals surface area contributed by atoms with Crippen molar-refractivity contribution < 1.29 is 9.90 Å². The van der Waals surface area contributed by atoms with E-state index in [1.165, 1.54) is 6.33 Å². The standard InChI is InChI=1S/C9H11ClN4O2/c10-6-7(11)12-4-13-8(6)14-3-1-2-5(14)9(15)16/h4-5H,1-3H2,(H,15,16)(H2,11,12,13). The first kappa shape index (κ1) is 10.9. The lowest BCUT2D eigenvalue weighted by molar-refractivity contribution is -0.138. The largest absolute Gasteiger partial charge is 0.480 e. The molecule has 0 saturated carbocycles. The predicted molar refractivity (Wildman–Crippen MR) is 59.5 cm³/mol. The molecule has 0 aliphatic carbocycles. The Bertz CT molecular complexity index is 426. The van der Waals surface area contributed by atoms with Crippen LogP contribution in [0.4, 0.5) is 11.6 Å². The third-order valence-corrected chi connectivity index (χ3v) is 2.97. The van der Waals surface area contributed by atoms with Gasteiger partial charge in [0, 0.05) is 6.54 Å². The highest BCUT2D eigenvalue weighted by Gasteiger charge is 2.33. The average Bonchev–Trinajstić information content (AvgIpc) is 2.70. The zero-order valence-electron chi connectivity index (χ0n) is 8.43. The van der Waals surface area contributed by atoms with Crippen LogP contribution in [0.5, 0.6) is 0 Å². The molecule has 0 radical (unpaired) electrons. The smallest absolute Gasteiger partial charge is 0.326 e. The fourth-order valence-corrected chi connectivity index (χ4v) is 2.06. The molecule has 1 fully saturated rings. The van der Waals surface area contributed by atoms with E-state index in [4.69, 9.17) is 22.4 Å². The van der Waals surface area contributed by atoms with E-state index in [2.05, 4.69) is 9.97 Å². The monoisotopic (exact) mass is 242 g/mol. The Morgan fingerprint density at radius 2 is 2.38 bits per heavy atom. The minimum absolute atomic E-state index is 0.169. The van der Waals surface area contributed by atoms with Crippen LogP contribution in [0.1, 0.15) is 12.8 Å². The third kappa shape index (κ3) is 1.76. The van der Waals surface area contributed by atoms with Crippen molar-refractivity contribution in [3.8, 4) is 0 Å². The quantitative estimate of drug-likeness (QED) is 0.796. The topological polar surface area (TPSA) is 92.3 Å². The molecule has 7 heteroatoms. The Morgan fingerprint density at radius 1 is 1.62 bits per heavy atom. The number of carboxylic acids is 1. The molecule has 86 valence electrons. The van der Waals surface area contributed by atoms with Crippen LogP contribution in [0.25, 0.3) is 0 Å². The maximum absolute atomic E-state index is 11.0. The van der Waals surface area contributed by atoms with Gasteiger partial charge in [-0.3, -0.25) is 0 Å². The first-order valence-corrected chi connectivity index (χ1v) is 5.24. The molecule has 6 nitrogen and oxygen atoms in total. The fraction of sp³-hybridized carbons (Fsp3) is 0.444. The molecule has 1 unspecified atom stereocenters. The third-order valence-electron chi connectivity index (χ3n) is 2.61. The molecule has 0 spiro atoms. The normalized spacial score (nSPS) is 20.1. The van der Waals surface area contributed by atoms with E-state index in [0.29, 0.717) is 18.8 Å². The van der Waals surface area contributed by atoms with Gasteiger partial charge in [0.1, 0.15) is 23.2 Å². The summed E-state index contributed by atoms with van der Waals surface area (Å²) in [7, 11) is 0. The molecular formula is C9H11ClN4O2. The van der Waals surface area contributed by atoms with Gasteiger partial charge in [-0.05, 0) is 12.8 Å². The van der Waals surface area contributed by atoms with Crippen molar-refractivity contribution in [2.45, 2.75) is 18.9 Å². The number of nitrogens with zero attached hydrogens (tertiary/aromatic N) is 3. The van der Waals surface area contributed by atoms with Crippen LogP contribution in [0.15, 0.2) is 6.33 Å². The number of nitrogen functional groups attached to an aromatic ring is 1. The van der Waals surface area contributed by atoms with Crippen molar-refractivity contribution in [3.05, 3.63) is 11.3 Å². The average molecular weight is 243 g/mol. The number of carbonyl (C=O) groups is 1. The van der Waals surface area contributed by atoms with Crippen molar-refractivity contribution in [2.75, 3.05) is 17.2 Å². The van der Waals surface area contributed by atoms with Gasteiger partial charge in [0.25, 0.3) is 0 Å². The van der Waals surface area contributed by atoms with Gasteiger partial charge in [-0.25, -0.2) is 14.8 Å². The van der Waals surface area contributed by atoms with Gasteiger partial charge in [0.05, 0.1) is 0 Å². The lowest BCUT2D eigenvalue weighted by Gasteiger charge is -2.23. The van der Waals surface area contributed by atoms with E-state index >= 15 is 0 Å². The Labute approximate surface area is 97.0 Å². The molecule has 1 aromatic heterocycles. The molecule has 1 aromatic rings. The minimum Gasteiger partial charge on any atom is -0.480 e. The van der Waals surface area contributed by atoms with Crippen molar-refractivity contribution >= 4 is 29.2 Å². The number of aromatic nitrogens is 2. The minimum atomic E-state index is -0.870. The maximum atomic E-state index is 11.0. The van der Waals surface area contributed by atoms with Gasteiger partial charge >= 0.3 is 5.97 Å². The number of halogens is 1. The van der Waals surface area contributed by atoms with Crippen LogP contribution in [-0.4, -0.2) is 33.6 Å². The molecule has 16 heavy (non-hydrogen) atoms. The molecular weight excluding hydrogens is 232 g/mol. The van der Waals surface area contributed by atoms with E-state index < -0.39 is 12.0 Å². The van der Waals surface area contributed by atoms with Crippen LogP contribution >= 0.6 is 11.6 Å². The van der Waals surface area contributed by atoms with Gasteiger partial charge in [0.15, 0.2) is 5.82 Å². The summed E-state index contributed by atoms with van der Waals surface area (Å²) in [5.74, 6) is -0.299. The van der Waals surface area contributed by atoms with Gasteiger partial charge in [0.2, 0.25) is 0 Å². The first-order chi connectivity index (χ1) is 7.61. The van der Waals surface area contributed by atoms with Crippen LogP contribution in [0.3, 0.4) is 0 Å². The van der Waals surface area contributed by atoms with E-state index in [1.54, 1.807) is 4.90 Å². The molecule has 1 aliphatic rings. The molecule has 1 aliphatic heterocycles. The number of hydrogen-bond acceptors (Lipinski definition) is 5. The molecule has 2 heterocycles. The van der Waals surface area contributed by atoms with E-state index in [1.807, 2.05) is 0 Å². The van der Waals surface area contributed by atoms with Gasteiger partial charge < -0.3 is 15.7 Å². The van der Waals surface area contributed by atoms with Gasteiger partial charge in [-0.1, -0.05) is 11.6 Å². The molecule has 0 amide bonds. The van der Waals surface area contributed by atoms with Crippen molar-refractivity contribution in [2.24, 2.45) is 0 Å². The lowest BCUT2D eigenvalue weighted by atomic mass is 10.2. The number of hydrogen-bond donors (Lipinski definition) is 2. The van der Waals surface area contributed by atoms with E-state index in [-0.39, 0.29) is 10.8 Å². The molecule has 0 bridgehead atoms. The summed E-state index contributed by atoms with van der Waals surface area (Å²) in [4.78, 5) is 20.4. The van der Waals surface area contributed by atoms with Crippen molar-refractivity contribution in [3.63, 3.8) is 0 Å². The lowest BCUT2D eigenvalue weighted by Crippen LogP contribution is -2.36. The number of carboxylic acid groups (broad SMARTS) is 1. The SMILES string of the molecule is Nc1ncnc(N2CCCC2C(=O)O)c1Cl. The summed E-state index contributed by atoms with van der Waals surface area (Å²) in [5, 5.41) is 9.26. The fourth-order valence-electron chi connectivity index (χ4n) is 1.85. The Balaban J connectivity index is 2.36. The second-order valence-corrected chi connectivity index (χ2v) is 3.96. The van der Waals surface area contributed by atoms with Crippen LogP contribution in [0.2, 0.25) is 5.02 Å². The van der Waals surface area contributed by atoms with Crippen molar-refractivity contribution in [1.82, 2.24) is 9.97 Å². The van der Waals surface area contributed by atoms with Gasteiger partial charge in [-0.15, -0.1) is 0 Å². The summed E-state index contributed by atoms with van der Waals surface area (Å²) >= 11 is 5.96. The number of nitrogens with two attached hydrogens (primary N) is 1. The highest BCUT2D eigenvalue weighted by molar-refractivity contribution is 6.35. The summed E-state index contributed by atoms with van der Waals surface area (Å²) in [6.07, 6.45) is 2.68. The van der Waals surface area contributed by atoms with E-state index in [0.717, 1.165) is 6.42 Å². The molecule has 1 saturated heterocycles. The molecule has 3 N–H and O–H groups in total. The van der Waals surface area contributed by atoms with Crippen molar-refractivity contribution in [1.29, 1.82) is 0 Å². The molecule has 2 rings (SSSR count). The zero-order chi connectivity index (χ0) is 11.7. The Hall–Kier alpha value is -1.56. The second-order valence-electron chi connectivity index (χ2n) is 3.59. The van der Waals surface area contributed by atoms with Gasteiger partial charge in [-0.2, -0.15) is 0 Å². The van der Waals surface area contributed by atoms with Crippen LogP contribution in [-0.2, 0) is 4.79 Å². The van der Waals surface area contributed by atoms with Crippen LogP contribution < -0.4 is 10.6 Å². The highest BCUT2D eigenvalue weighted by Crippen LogP contribution is 2.32. The summed E-state index contributed by atoms with van der Waals surface area (Å²) in [6.45, 7) is 0.618. The first-order valence-electron chi connectivity index (χ1n) is 4.86. The summed E-state index contributed by atoms with van der Waals surface area (Å²) in [5.41, 5.74) is 5.55. The molecule has 0 aromatic carbocycles. The zero-order valence-corrected chi connectivity index (χ0v) is 9.18. The van der Waals surface area contributed by atoms with E-state index in [9.17, 15) is 4.79 Å². The number of anilines is 2. The van der Waals surface area contributed by atoms with Crippen LogP contribution in [0, 0.1) is 0 Å². The summed E-state index contributed by atoms with van der Waals surface area (Å²) < 4.78 is 0. The highest BCUT2D eigenvalue weighted by atomic mass is 35.5. The Kier molecular flexibility index (Phi) is 2.82. The number of rotatable bonds is 2. The number of aliphatic carboxylic acids is 1. The predicted octanol–water partition coefficient (Wildman–Crippen LogP) is 0.766. The second kappa shape index (κ2) is 4.13. The summed E-state index contributed by atoms with van der Waals surface area (Å²) in [6, 6.07) is -0.577.